The van der Waals surface area contributed by atoms with E-state index in [-0.39, 0.29) is 12.2 Å². The van der Waals surface area contributed by atoms with Gasteiger partial charge in [0.1, 0.15) is 17.2 Å². The number of halogens is 2. The number of rotatable bonds is 4. The summed E-state index contributed by atoms with van der Waals surface area (Å²) < 4.78 is 31.2. The Morgan fingerprint density at radius 3 is 2.67 bits per heavy atom. The van der Waals surface area contributed by atoms with Gasteiger partial charge in [-0.1, -0.05) is 0 Å². The van der Waals surface area contributed by atoms with Gasteiger partial charge in [0.2, 0.25) is 0 Å². The predicted octanol–water partition coefficient (Wildman–Crippen LogP) is 2.21. The summed E-state index contributed by atoms with van der Waals surface area (Å²) in [6.45, 7) is 3.50. The normalized spacial score (nSPS) is 15.0. The molecule has 1 rings (SSSR count). The van der Waals surface area contributed by atoms with E-state index < -0.39 is 17.2 Å². The van der Waals surface area contributed by atoms with E-state index in [1.54, 1.807) is 6.92 Å². The van der Waals surface area contributed by atoms with Crippen LogP contribution in [0.15, 0.2) is 18.2 Å². The van der Waals surface area contributed by atoms with Crippen molar-refractivity contribution in [3.8, 4) is 0 Å². The van der Waals surface area contributed by atoms with Crippen LogP contribution in [0.1, 0.15) is 19.4 Å². The van der Waals surface area contributed by atoms with Gasteiger partial charge in [-0.05, 0) is 32.0 Å². The van der Waals surface area contributed by atoms with Crippen molar-refractivity contribution in [1.82, 2.24) is 0 Å². The lowest BCUT2D eigenvalue weighted by Crippen LogP contribution is -2.29. The fourth-order valence-corrected chi connectivity index (χ4v) is 1.29. The second-order valence-electron chi connectivity index (χ2n) is 3.54. The second kappa shape index (κ2) is 4.68. The van der Waals surface area contributed by atoms with Crippen molar-refractivity contribution in [1.29, 1.82) is 0 Å². The minimum atomic E-state index is -1.51. The predicted molar refractivity (Wildman–Crippen MR) is 52.4 cm³/mol. The van der Waals surface area contributed by atoms with Gasteiger partial charge in [-0.2, -0.15) is 0 Å². The molecule has 1 atom stereocenters. The third-order valence-electron chi connectivity index (χ3n) is 2.10. The summed E-state index contributed by atoms with van der Waals surface area (Å²) in [5, 5.41) is 9.89. The van der Waals surface area contributed by atoms with Crippen LogP contribution in [-0.4, -0.2) is 18.3 Å². The molecule has 0 radical (unpaired) electrons. The zero-order valence-electron chi connectivity index (χ0n) is 8.76. The van der Waals surface area contributed by atoms with Gasteiger partial charge in [-0.25, -0.2) is 8.78 Å². The number of hydrogen-bond donors (Lipinski definition) is 1. The Labute approximate surface area is 87.5 Å². The minimum absolute atomic E-state index is 0.0656. The first-order valence-corrected chi connectivity index (χ1v) is 4.73. The monoisotopic (exact) mass is 216 g/mol. The molecule has 2 nitrogen and oxygen atoms in total. The number of ether oxygens (including phenoxy) is 1. The van der Waals surface area contributed by atoms with Crippen LogP contribution < -0.4 is 0 Å². The standard InChI is InChI=1S/C11H14F2O2/c1-3-15-7-11(2,14)9-6-8(12)4-5-10(9)13/h4-6,14H,3,7H2,1-2H3. The van der Waals surface area contributed by atoms with Gasteiger partial charge in [0, 0.05) is 12.2 Å². The molecule has 1 aromatic carbocycles. The van der Waals surface area contributed by atoms with E-state index in [0.29, 0.717) is 6.61 Å². The van der Waals surface area contributed by atoms with Crippen molar-refractivity contribution < 1.29 is 18.6 Å². The lowest BCUT2D eigenvalue weighted by Gasteiger charge is -2.23. The molecule has 0 heterocycles. The van der Waals surface area contributed by atoms with Crippen LogP contribution in [0.5, 0.6) is 0 Å². The van der Waals surface area contributed by atoms with Crippen molar-refractivity contribution >= 4 is 0 Å². The molecule has 1 N–H and O–H groups in total. The van der Waals surface area contributed by atoms with Crippen LogP contribution in [-0.2, 0) is 10.3 Å². The third kappa shape index (κ3) is 2.97. The maximum absolute atomic E-state index is 13.3. The summed E-state index contributed by atoms with van der Waals surface area (Å²) in [4.78, 5) is 0. The fraction of sp³-hybridized carbons (Fsp3) is 0.455. The van der Waals surface area contributed by atoms with Crippen molar-refractivity contribution in [3.05, 3.63) is 35.4 Å². The third-order valence-corrected chi connectivity index (χ3v) is 2.10. The topological polar surface area (TPSA) is 29.5 Å². The van der Waals surface area contributed by atoms with Crippen LogP contribution in [0.25, 0.3) is 0 Å². The van der Waals surface area contributed by atoms with Gasteiger partial charge in [0.25, 0.3) is 0 Å². The van der Waals surface area contributed by atoms with Crippen molar-refractivity contribution in [2.24, 2.45) is 0 Å². The molecule has 0 aliphatic heterocycles. The molecule has 4 heteroatoms. The van der Waals surface area contributed by atoms with Gasteiger partial charge < -0.3 is 9.84 Å². The van der Waals surface area contributed by atoms with E-state index in [0.717, 1.165) is 18.2 Å². The molecule has 0 aromatic heterocycles. The molecule has 1 aromatic rings. The van der Waals surface area contributed by atoms with Crippen LogP contribution in [0, 0.1) is 11.6 Å². The van der Waals surface area contributed by atoms with Crippen molar-refractivity contribution in [2.45, 2.75) is 19.4 Å². The number of hydrogen-bond acceptors (Lipinski definition) is 2. The fourth-order valence-electron chi connectivity index (χ4n) is 1.29. The quantitative estimate of drug-likeness (QED) is 0.836. The van der Waals surface area contributed by atoms with Gasteiger partial charge in [0.15, 0.2) is 0 Å². The molecule has 0 saturated carbocycles. The highest BCUT2D eigenvalue weighted by Crippen LogP contribution is 2.24. The maximum atomic E-state index is 13.3. The Kier molecular flexibility index (Phi) is 3.77. The lowest BCUT2D eigenvalue weighted by molar-refractivity contribution is -0.0366. The van der Waals surface area contributed by atoms with Gasteiger partial charge in [-0.3, -0.25) is 0 Å². The first kappa shape index (κ1) is 12.1. The van der Waals surface area contributed by atoms with E-state index in [2.05, 4.69) is 0 Å². The van der Waals surface area contributed by atoms with Crippen molar-refractivity contribution in [3.63, 3.8) is 0 Å². The van der Waals surface area contributed by atoms with E-state index in [1.807, 2.05) is 0 Å². The largest absolute Gasteiger partial charge is 0.383 e. The second-order valence-corrected chi connectivity index (χ2v) is 3.54. The van der Waals surface area contributed by atoms with Gasteiger partial charge in [-0.15, -0.1) is 0 Å². The Bertz CT molecular complexity index is 337. The van der Waals surface area contributed by atoms with E-state index in [1.165, 1.54) is 6.92 Å². The smallest absolute Gasteiger partial charge is 0.129 e. The SMILES string of the molecule is CCOCC(C)(O)c1cc(F)ccc1F. The van der Waals surface area contributed by atoms with Crippen LogP contribution >= 0.6 is 0 Å². The maximum Gasteiger partial charge on any atom is 0.129 e. The summed E-state index contributed by atoms with van der Waals surface area (Å²) in [6, 6.07) is 2.98. The summed E-state index contributed by atoms with van der Waals surface area (Å²) in [7, 11) is 0. The van der Waals surface area contributed by atoms with E-state index in [9.17, 15) is 13.9 Å². The molecule has 0 fully saturated rings. The number of benzene rings is 1. The first-order chi connectivity index (χ1) is 6.97. The van der Waals surface area contributed by atoms with E-state index >= 15 is 0 Å². The van der Waals surface area contributed by atoms with Crippen LogP contribution in [0.3, 0.4) is 0 Å². The molecular weight excluding hydrogens is 202 g/mol. The minimum Gasteiger partial charge on any atom is -0.383 e. The molecule has 1 unspecified atom stereocenters. The molecule has 0 aliphatic rings. The summed E-state index contributed by atoms with van der Waals surface area (Å²) >= 11 is 0. The molecule has 0 bridgehead atoms. The lowest BCUT2D eigenvalue weighted by atomic mass is 9.96. The highest BCUT2D eigenvalue weighted by Gasteiger charge is 2.27. The Hall–Kier alpha value is -1.00. The van der Waals surface area contributed by atoms with E-state index in [4.69, 9.17) is 4.74 Å². The number of aliphatic hydroxyl groups is 1. The zero-order chi connectivity index (χ0) is 11.5. The Morgan fingerprint density at radius 1 is 1.40 bits per heavy atom. The highest BCUT2D eigenvalue weighted by molar-refractivity contribution is 5.24. The molecule has 0 spiro atoms. The average Bonchev–Trinajstić information content (AvgIpc) is 2.18. The molecular formula is C11H14F2O2. The highest BCUT2D eigenvalue weighted by atomic mass is 19.1. The van der Waals surface area contributed by atoms with Crippen LogP contribution in [0.2, 0.25) is 0 Å². The van der Waals surface area contributed by atoms with Gasteiger partial charge >= 0.3 is 0 Å². The van der Waals surface area contributed by atoms with Crippen molar-refractivity contribution in [2.75, 3.05) is 13.2 Å². The Morgan fingerprint density at radius 2 is 2.07 bits per heavy atom. The summed E-state index contributed by atoms with van der Waals surface area (Å²) in [6.07, 6.45) is 0. The molecule has 15 heavy (non-hydrogen) atoms. The van der Waals surface area contributed by atoms with Crippen LogP contribution in [0.4, 0.5) is 8.78 Å². The van der Waals surface area contributed by atoms with Gasteiger partial charge in [0.05, 0.1) is 6.61 Å². The summed E-state index contributed by atoms with van der Waals surface area (Å²) in [5.41, 5.74) is -1.60. The Balaban J connectivity index is 2.97. The molecule has 0 amide bonds. The molecule has 0 saturated heterocycles. The summed E-state index contributed by atoms with van der Waals surface area (Å²) in [5.74, 6) is -1.22. The average molecular weight is 216 g/mol. The molecule has 0 aliphatic carbocycles. The first-order valence-electron chi connectivity index (χ1n) is 4.73. The molecule has 84 valence electrons. The zero-order valence-corrected chi connectivity index (χ0v) is 8.76.